The Morgan fingerprint density at radius 1 is 0.565 bits per heavy atom. The lowest BCUT2D eigenvalue weighted by Crippen LogP contribution is -2.37. The number of aliphatic hydroxyl groups excluding tert-OH is 2. The molecule has 0 saturated carbocycles. The summed E-state index contributed by atoms with van der Waals surface area (Å²) in [6.07, 6.45) is 7.62. The van der Waals surface area contributed by atoms with Crippen LogP contribution >= 0.6 is 0 Å². The molecular formula is C34H62N2O10. The number of hydrogen-bond acceptors (Lipinski definition) is 10. The molecule has 0 aromatic heterocycles. The molecular weight excluding hydrogens is 596 g/mol. The van der Waals surface area contributed by atoms with Gasteiger partial charge in [0.2, 0.25) is 11.8 Å². The van der Waals surface area contributed by atoms with Crippen LogP contribution in [0.5, 0.6) is 0 Å². The summed E-state index contributed by atoms with van der Waals surface area (Å²) in [4.78, 5) is 60.0. The predicted molar refractivity (Wildman–Crippen MR) is 174 cm³/mol. The van der Waals surface area contributed by atoms with Crippen molar-refractivity contribution < 1.29 is 48.4 Å². The third-order valence-electron chi connectivity index (χ3n) is 7.53. The molecule has 0 fully saturated rings. The smallest absolute Gasteiger partial charge is 0.317 e. The maximum Gasteiger partial charge on any atom is 0.317 e. The van der Waals surface area contributed by atoms with E-state index >= 15 is 0 Å². The molecule has 0 aromatic rings. The number of ether oxygens (including phenoxy) is 3. The molecule has 0 spiro atoms. The van der Waals surface area contributed by atoms with Gasteiger partial charge in [0.05, 0.1) is 25.5 Å². The first kappa shape index (κ1) is 43.3. The van der Waals surface area contributed by atoms with Gasteiger partial charge in [0.1, 0.15) is 18.6 Å². The molecule has 0 aliphatic heterocycles. The zero-order valence-electron chi connectivity index (χ0n) is 28.8. The standard InChI is InChI=1S/C34H62N2O10/c1-5-9-11-19-28(45-32(41)8-4)26(37)17-13-15-21-30(39)35-25-36-31(40)22-16-14-18-27(38)29(20-12-10-6-2)46-34(43)24-33(42)44-23-7-3/h26-29,37-38H,5-25H2,1-4H3,(H,35,39)(H,36,40). The molecule has 46 heavy (non-hydrogen) atoms. The average molecular weight is 659 g/mol. The molecule has 0 rings (SSSR count). The van der Waals surface area contributed by atoms with Crippen molar-refractivity contribution in [1.29, 1.82) is 0 Å². The van der Waals surface area contributed by atoms with Crippen LogP contribution in [0.3, 0.4) is 0 Å². The van der Waals surface area contributed by atoms with Crippen molar-refractivity contribution in [2.45, 2.75) is 174 Å². The van der Waals surface area contributed by atoms with Gasteiger partial charge in [-0.2, -0.15) is 0 Å². The summed E-state index contributed by atoms with van der Waals surface area (Å²) in [7, 11) is 0. The summed E-state index contributed by atoms with van der Waals surface area (Å²) in [5.41, 5.74) is 0. The molecule has 0 saturated heterocycles. The summed E-state index contributed by atoms with van der Waals surface area (Å²) < 4.78 is 15.8. The van der Waals surface area contributed by atoms with E-state index in [1.165, 1.54) is 0 Å². The minimum Gasteiger partial charge on any atom is -0.465 e. The van der Waals surface area contributed by atoms with Crippen molar-refractivity contribution in [2.75, 3.05) is 13.3 Å². The van der Waals surface area contributed by atoms with Crippen LogP contribution in [-0.2, 0) is 38.2 Å². The maximum atomic E-state index is 12.2. The second-order valence-electron chi connectivity index (χ2n) is 11.8. The zero-order chi connectivity index (χ0) is 34.6. The highest BCUT2D eigenvalue weighted by atomic mass is 16.6. The first-order valence-corrected chi connectivity index (χ1v) is 17.5. The van der Waals surface area contributed by atoms with Gasteiger partial charge in [-0.15, -0.1) is 0 Å². The molecule has 4 unspecified atom stereocenters. The lowest BCUT2D eigenvalue weighted by molar-refractivity contribution is -0.162. The van der Waals surface area contributed by atoms with E-state index in [2.05, 4.69) is 17.6 Å². The van der Waals surface area contributed by atoms with Crippen LogP contribution < -0.4 is 10.6 Å². The lowest BCUT2D eigenvalue weighted by atomic mass is 10.0. The fourth-order valence-corrected chi connectivity index (χ4v) is 4.77. The van der Waals surface area contributed by atoms with Crippen molar-refractivity contribution in [3.05, 3.63) is 0 Å². The van der Waals surface area contributed by atoms with E-state index in [9.17, 15) is 34.2 Å². The van der Waals surface area contributed by atoms with Crippen molar-refractivity contribution in [2.24, 2.45) is 0 Å². The highest BCUT2D eigenvalue weighted by Crippen LogP contribution is 2.18. The SMILES string of the molecule is CCCCCC(OC(=O)CC)C(O)CCCCC(=O)NCNC(=O)CCCCC(O)C(CCCCC)OC(=O)CC(=O)OCCC. The molecule has 12 heteroatoms. The highest BCUT2D eigenvalue weighted by molar-refractivity contribution is 5.91. The topological polar surface area (TPSA) is 178 Å². The molecule has 268 valence electrons. The number of unbranched alkanes of at least 4 members (excludes halogenated alkanes) is 6. The number of esters is 3. The van der Waals surface area contributed by atoms with Gasteiger partial charge in [0.15, 0.2) is 0 Å². The Bertz CT molecular complexity index is 854. The van der Waals surface area contributed by atoms with Gasteiger partial charge in [-0.05, 0) is 57.8 Å². The van der Waals surface area contributed by atoms with Crippen molar-refractivity contribution in [3.63, 3.8) is 0 Å². The second kappa shape index (κ2) is 28.5. The molecule has 0 heterocycles. The fourth-order valence-electron chi connectivity index (χ4n) is 4.77. The van der Waals surface area contributed by atoms with Crippen molar-refractivity contribution >= 4 is 29.7 Å². The Hall–Kier alpha value is -2.73. The Balaban J connectivity index is 4.29. The van der Waals surface area contributed by atoms with E-state index in [0.717, 1.165) is 38.5 Å². The monoisotopic (exact) mass is 658 g/mol. The number of carbonyl (C=O) groups is 5. The molecule has 0 aliphatic rings. The van der Waals surface area contributed by atoms with Crippen LogP contribution in [0.15, 0.2) is 0 Å². The highest BCUT2D eigenvalue weighted by Gasteiger charge is 2.25. The minimum atomic E-state index is -0.908. The van der Waals surface area contributed by atoms with E-state index in [1.54, 1.807) is 6.92 Å². The van der Waals surface area contributed by atoms with Crippen molar-refractivity contribution in [1.82, 2.24) is 10.6 Å². The second-order valence-corrected chi connectivity index (χ2v) is 11.8. The minimum absolute atomic E-state index is 0.00549. The molecule has 12 nitrogen and oxygen atoms in total. The summed E-state index contributed by atoms with van der Waals surface area (Å²) in [5, 5.41) is 26.5. The van der Waals surface area contributed by atoms with Gasteiger partial charge in [0, 0.05) is 19.3 Å². The Morgan fingerprint density at radius 3 is 1.46 bits per heavy atom. The lowest BCUT2D eigenvalue weighted by Gasteiger charge is -2.23. The van der Waals surface area contributed by atoms with Crippen molar-refractivity contribution in [3.8, 4) is 0 Å². The molecule has 2 amide bonds. The Morgan fingerprint density at radius 2 is 1.02 bits per heavy atom. The first-order valence-electron chi connectivity index (χ1n) is 17.5. The van der Waals surface area contributed by atoms with Crippen LogP contribution in [0, 0.1) is 0 Å². The molecule has 0 aliphatic carbocycles. The largest absolute Gasteiger partial charge is 0.465 e. The summed E-state index contributed by atoms with van der Waals surface area (Å²) in [6, 6.07) is 0. The molecule has 0 radical (unpaired) electrons. The van der Waals surface area contributed by atoms with Crippen LogP contribution in [0.1, 0.15) is 150 Å². The Kier molecular flexibility index (Phi) is 26.8. The van der Waals surface area contributed by atoms with E-state index in [4.69, 9.17) is 14.2 Å². The molecule has 4 N–H and O–H groups in total. The van der Waals surface area contributed by atoms with Gasteiger partial charge in [-0.1, -0.05) is 66.2 Å². The zero-order valence-corrected chi connectivity index (χ0v) is 28.8. The number of carbonyl (C=O) groups excluding carboxylic acids is 5. The van der Waals surface area contributed by atoms with Crippen LogP contribution in [0.25, 0.3) is 0 Å². The molecule has 0 aromatic carbocycles. The number of aliphatic hydroxyl groups is 2. The predicted octanol–water partition coefficient (Wildman–Crippen LogP) is 4.76. The fraction of sp³-hybridized carbons (Fsp3) is 0.853. The molecule has 4 atom stereocenters. The third kappa shape index (κ3) is 23.6. The summed E-state index contributed by atoms with van der Waals surface area (Å²) in [5.74, 6) is -2.14. The van der Waals surface area contributed by atoms with Crippen LogP contribution in [0.2, 0.25) is 0 Å². The first-order chi connectivity index (χ1) is 22.1. The number of nitrogens with one attached hydrogen (secondary N) is 2. The van der Waals surface area contributed by atoms with Crippen LogP contribution in [-0.4, -0.2) is 77.6 Å². The van der Waals surface area contributed by atoms with Crippen LogP contribution in [0.4, 0.5) is 0 Å². The van der Waals surface area contributed by atoms with Gasteiger partial charge in [-0.25, -0.2) is 0 Å². The van der Waals surface area contributed by atoms with E-state index in [0.29, 0.717) is 57.8 Å². The number of rotatable bonds is 29. The summed E-state index contributed by atoms with van der Waals surface area (Å²) >= 11 is 0. The summed E-state index contributed by atoms with van der Waals surface area (Å²) in [6.45, 7) is 7.95. The Labute approximate surface area is 276 Å². The third-order valence-corrected chi connectivity index (χ3v) is 7.53. The number of amides is 2. The quantitative estimate of drug-likeness (QED) is 0.0288. The van der Waals surface area contributed by atoms with Gasteiger partial charge in [-0.3, -0.25) is 24.0 Å². The number of hydrogen-bond donors (Lipinski definition) is 4. The van der Waals surface area contributed by atoms with E-state index < -0.39 is 42.8 Å². The van der Waals surface area contributed by atoms with Gasteiger partial charge < -0.3 is 35.1 Å². The van der Waals surface area contributed by atoms with Gasteiger partial charge >= 0.3 is 17.9 Å². The molecule has 0 bridgehead atoms. The van der Waals surface area contributed by atoms with E-state index in [1.807, 2.05) is 13.8 Å². The normalized spacial score (nSPS) is 13.6. The van der Waals surface area contributed by atoms with Gasteiger partial charge in [0.25, 0.3) is 0 Å². The van der Waals surface area contributed by atoms with E-state index in [-0.39, 0.29) is 50.3 Å². The maximum absolute atomic E-state index is 12.2. The average Bonchev–Trinajstić information content (AvgIpc) is 3.02.